The Bertz CT molecular complexity index is 85.9. The standard InChI is InChI=1S/C2H2NO4/c4-2(5)1-3(6)7/h1H,(H,4,5). The first-order valence-corrected chi connectivity index (χ1v) is 1.34. The Morgan fingerprint density at radius 3 is 2.29 bits per heavy atom. The second-order valence-electron chi connectivity index (χ2n) is 0.753. The van der Waals surface area contributed by atoms with E-state index in [2.05, 4.69) is 0 Å². The van der Waals surface area contributed by atoms with Crippen LogP contribution in [0.1, 0.15) is 0 Å². The van der Waals surface area contributed by atoms with Crippen molar-refractivity contribution in [1.82, 2.24) is 0 Å². The van der Waals surface area contributed by atoms with Gasteiger partial charge in [-0.3, -0.25) is 10.1 Å². The fraction of sp³-hybridized carbons (Fsp3) is 0. The highest BCUT2D eigenvalue weighted by molar-refractivity contribution is 5.74. The zero-order valence-corrected chi connectivity index (χ0v) is 3.20. The van der Waals surface area contributed by atoms with Crippen LogP contribution in [0.4, 0.5) is 0 Å². The molecule has 0 atom stereocenters. The highest BCUT2D eigenvalue weighted by Gasteiger charge is 2.06. The lowest BCUT2D eigenvalue weighted by atomic mass is 10.7. The fourth-order valence-corrected chi connectivity index (χ4v) is 0.0902. The van der Waals surface area contributed by atoms with E-state index in [9.17, 15) is 14.9 Å². The van der Waals surface area contributed by atoms with E-state index in [-0.39, 0.29) is 6.54 Å². The van der Waals surface area contributed by atoms with Gasteiger partial charge in [0.2, 0.25) is 0 Å². The number of aliphatic carboxylic acids is 1. The van der Waals surface area contributed by atoms with Gasteiger partial charge < -0.3 is 5.11 Å². The van der Waals surface area contributed by atoms with Gasteiger partial charge in [0.25, 0.3) is 0 Å². The Morgan fingerprint density at radius 1 is 1.86 bits per heavy atom. The van der Waals surface area contributed by atoms with Crippen molar-refractivity contribution >= 4 is 5.97 Å². The van der Waals surface area contributed by atoms with Gasteiger partial charge in [-0.15, -0.1) is 0 Å². The summed E-state index contributed by atoms with van der Waals surface area (Å²) in [6, 6.07) is 0. The van der Waals surface area contributed by atoms with Crippen molar-refractivity contribution in [2.45, 2.75) is 0 Å². The molecule has 1 radical (unpaired) electrons. The maximum atomic E-state index is 9.31. The van der Waals surface area contributed by atoms with Crippen LogP contribution in [-0.2, 0) is 4.79 Å². The summed E-state index contributed by atoms with van der Waals surface area (Å²) in [4.78, 5) is 17.5. The monoisotopic (exact) mass is 104 g/mol. The van der Waals surface area contributed by atoms with E-state index < -0.39 is 10.9 Å². The summed E-state index contributed by atoms with van der Waals surface area (Å²) in [6.45, 7) is -0.0278. The highest BCUT2D eigenvalue weighted by atomic mass is 16.6. The van der Waals surface area contributed by atoms with E-state index in [1.165, 1.54) is 0 Å². The summed E-state index contributed by atoms with van der Waals surface area (Å²) in [5, 5.41) is 16.8. The summed E-state index contributed by atoms with van der Waals surface area (Å²) < 4.78 is 0. The van der Waals surface area contributed by atoms with Gasteiger partial charge in [-0.2, -0.15) is 0 Å². The average molecular weight is 104 g/mol. The van der Waals surface area contributed by atoms with Gasteiger partial charge in [0.05, 0.1) is 0 Å². The molecule has 0 aromatic rings. The van der Waals surface area contributed by atoms with E-state index in [0.717, 1.165) is 0 Å². The van der Waals surface area contributed by atoms with Crippen molar-refractivity contribution < 1.29 is 14.8 Å². The largest absolute Gasteiger partial charge is 0.476 e. The molecule has 0 heterocycles. The summed E-state index contributed by atoms with van der Waals surface area (Å²) >= 11 is 0. The molecule has 0 unspecified atom stereocenters. The first-order valence-electron chi connectivity index (χ1n) is 1.34. The summed E-state index contributed by atoms with van der Waals surface area (Å²) in [5.41, 5.74) is 0. The molecule has 5 nitrogen and oxygen atoms in total. The Hall–Kier alpha value is -1.13. The molecule has 0 fully saturated rings. The molecular weight excluding hydrogens is 102 g/mol. The number of nitrogens with zero attached hydrogens (tertiary/aromatic N) is 1. The second-order valence-corrected chi connectivity index (χ2v) is 0.753. The molecule has 0 aliphatic heterocycles. The first kappa shape index (κ1) is 5.87. The minimum absolute atomic E-state index is 0.0278. The molecule has 7 heavy (non-hydrogen) atoms. The van der Waals surface area contributed by atoms with Crippen molar-refractivity contribution in [3.05, 3.63) is 16.7 Å². The number of carboxylic acids is 1. The molecule has 1 N–H and O–H groups in total. The van der Waals surface area contributed by atoms with E-state index >= 15 is 0 Å². The van der Waals surface area contributed by atoms with Crippen molar-refractivity contribution in [3.63, 3.8) is 0 Å². The molecule has 0 saturated carbocycles. The van der Waals surface area contributed by atoms with Gasteiger partial charge in [-0.05, 0) is 0 Å². The SMILES string of the molecule is O=C(O)[CH][N+](=O)[O-]. The van der Waals surface area contributed by atoms with Gasteiger partial charge in [-0.1, -0.05) is 0 Å². The molecule has 0 aromatic carbocycles. The first-order chi connectivity index (χ1) is 3.13. The minimum Gasteiger partial charge on any atom is -0.476 e. The Morgan fingerprint density at radius 2 is 2.29 bits per heavy atom. The smallest absolute Gasteiger partial charge is 0.387 e. The Balaban J connectivity index is 3.32. The number of carbonyl (C=O) groups is 1. The second kappa shape index (κ2) is 2.12. The number of nitro groups is 1. The lowest BCUT2D eigenvalue weighted by molar-refractivity contribution is -0.430. The third-order valence-corrected chi connectivity index (χ3v) is 0.216. The molecule has 0 aromatic heterocycles. The van der Waals surface area contributed by atoms with Crippen molar-refractivity contribution in [2.75, 3.05) is 0 Å². The highest BCUT2D eigenvalue weighted by Crippen LogP contribution is 1.73. The molecule has 0 aliphatic rings. The summed E-state index contributed by atoms with van der Waals surface area (Å²) in [6.07, 6.45) is 0. The van der Waals surface area contributed by atoms with Crippen LogP contribution < -0.4 is 0 Å². The topological polar surface area (TPSA) is 80.4 Å². The number of carboxylic acid groups (broad SMARTS) is 1. The fourth-order valence-electron chi connectivity index (χ4n) is 0.0902. The predicted molar refractivity (Wildman–Crippen MR) is 18.9 cm³/mol. The lowest BCUT2D eigenvalue weighted by Gasteiger charge is -1.77. The van der Waals surface area contributed by atoms with Crippen LogP contribution in [-0.4, -0.2) is 16.0 Å². The van der Waals surface area contributed by atoms with Crippen LogP contribution in [0.2, 0.25) is 0 Å². The van der Waals surface area contributed by atoms with Gasteiger partial charge in [-0.25, -0.2) is 4.79 Å². The summed E-state index contributed by atoms with van der Waals surface area (Å²) in [7, 11) is 0. The molecule has 0 rings (SSSR count). The van der Waals surface area contributed by atoms with Crippen molar-refractivity contribution in [1.29, 1.82) is 0 Å². The maximum Gasteiger partial charge on any atom is 0.387 e. The van der Waals surface area contributed by atoms with Gasteiger partial charge >= 0.3 is 12.5 Å². The average Bonchev–Trinajstić information content (AvgIpc) is 1.27. The number of hydrogen-bond acceptors (Lipinski definition) is 3. The van der Waals surface area contributed by atoms with Crippen LogP contribution >= 0.6 is 0 Å². The molecule has 0 saturated heterocycles. The van der Waals surface area contributed by atoms with Crippen molar-refractivity contribution in [3.8, 4) is 0 Å². The van der Waals surface area contributed by atoms with E-state index in [4.69, 9.17) is 5.11 Å². The molecule has 0 amide bonds. The number of rotatable bonds is 2. The predicted octanol–water partition coefficient (Wildman–Crippen LogP) is -0.491. The Kier molecular flexibility index (Phi) is 1.78. The van der Waals surface area contributed by atoms with E-state index in [0.29, 0.717) is 0 Å². The summed E-state index contributed by atoms with van der Waals surface area (Å²) in [5.74, 6) is -1.54. The van der Waals surface area contributed by atoms with Gasteiger partial charge in [0.1, 0.15) is 0 Å². The van der Waals surface area contributed by atoms with Crippen LogP contribution in [0.5, 0.6) is 0 Å². The van der Waals surface area contributed by atoms with Gasteiger partial charge in [0.15, 0.2) is 0 Å². The van der Waals surface area contributed by atoms with Crippen LogP contribution in [0.25, 0.3) is 0 Å². The quantitative estimate of drug-likeness (QED) is 0.378. The van der Waals surface area contributed by atoms with E-state index in [1.807, 2.05) is 0 Å². The molecule has 5 heteroatoms. The Labute approximate surface area is 38.7 Å². The lowest BCUT2D eigenvalue weighted by Crippen LogP contribution is -2.03. The third kappa shape index (κ3) is 4.87. The zero-order chi connectivity index (χ0) is 5.86. The van der Waals surface area contributed by atoms with Gasteiger partial charge in [0, 0.05) is 4.92 Å². The molecule has 0 spiro atoms. The molecule has 0 bridgehead atoms. The van der Waals surface area contributed by atoms with Crippen LogP contribution in [0.3, 0.4) is 0 Å². The minimum atomic E-state index is -1.54. The van der Waals surface area contributed by atoms with Crippen LogP contribution in [0.15, 0.2) is 0 Å². The van der Waals surface area contributed by atoms with Crippen molar-refractivity contribution in [2.24, 2.45) is 0 Å². The van der Waals surface area contributed by atoms with Crippen LogP contribution in [0, 0.1) is 16.7 Å². The zero-order valence-electron chi connectivity index (χ0n) is 3.20. The maximum absolute atomic E-state index is 9.31. The normalized spacial score (nSPS) is 8.00. The molecule has 39 valence electrons. The molecule has 0 aliphatic carbocycles. The third-order valence-electron chi connectivity index (χ3n) is 0.216. The van der Waals surface area contributed by atoms with E-state index in [1.54, 1.807) is 0 Å². The molecular formula is C2H2NO4. The number of hydrogen-bond donors (Lipinski definition) is 1.